The van der Waals surface area contributed by atoms with Crippen LogP contribution in [-0.4, -0.2) is 42.6 Å². The fourth-order valence-corrected chi connectivity index (χ4v) is 4.29. The number of carbonyl (C=O) groups is 1. The van der Waals surface area contributed by atoms with Gasteiger partial charge >= 0.3 is 13.0 Å². The molecule has 4 nitrogen and oxygen atoms in total. The molecular weight excluding hydrogens is 364 g/mol. The smallest absolute Gasteiger partial charge is 0.376 e. The lowest BCUT2D eigenvalue weighted by Gasteiger charge is -2.18. The first kappa shape index (κ1) is 19.9. The molecule has 1 N–H and O–H groups in total. The Morgan fingerprint density at radius 2 is 2.11 bits per heavy atom. The van der Waals surface area contributed by atoms with Crippen LogP contribution in [0.15, 0.2) is 52.3 Å². The molecule has 1 aliphatic heterocycles. The Morgan fingerprint density at radius 1 is 1.33 bits per heavy atom. The van der Waals surface area contributed by atoms with Crippen LogP contribution in [0.5, 0.6) is 0 Å². The van der Waals surface area contributed by atoms with E-state index >= 15 is 0 Å². The molecule has 7 heteroatoms. The Kier molecular flexibility index (Phi) is 6.57. The molecule has 2 aromatic carbocycles. The van der Waals surface area contributed by atoms with Gasteiger partial charge in [0.05, 0.1) is 12.2 Å². The molecule has 0 aromatic heterocycles. The highest BCUT2D eigenvalue weighted by atomic mass is 32.2. The summed E-state index contributed by atoms with van der Waals surface area (Å²) in [5.41, 5.74) is 1.50. The number of nitrogens with zero attached hydrogens (tertiary/aromatic N) is 1. The van der Waals surface area contributed by atoms with Crippen molar-refractivity contribution in [2.75, 3.05) is 19.7 Å². The molecular formula is C20H23BFNO3S. The van der Waals surface area contributed by atoms with Gasteiger partial charge in [-0.2, -0.15) is 0 Å². The Hall–Kier alpha value is -1.83. The average molecular weight is 387 g/mol. The Balaban J connectivity index is 1.88. The van der Waals surface area contributed by atoms with E-state index in [9.17, 15) is 14.2 Å². The summed E-state index contributed by atoms with van der Waals surface area (Å²) in [6, 6.07) is 12.1. The maximum Gasteiger partial charge on any atom is 0.376 e. The number of rotatable bonds is 6. The summed E-state index contributed by atoms with van der Waals surface area (Å²) in [6.45, 7) is 5.36. The van der Waals surface area contributed by atoms with Crippen molar-refractivity contribution < 1.29 is 18.9 Å². The number of carbonyl (C=O) groups excluding carboxylic acids is 1. The molecule has 2 aromatic rings. The highest BCUT2D eigenvalue weighted by Crippen LogP contribution is 2.35. The Labute approximate surface area is 163 Å². The third kappa shape index (κ3) is 4.92. The fraction of sp³-hybridized carbons (Fsp3) is 0.350. The molecule has 3 rings (SSSR count). The molecule has 0 spiro atoms. The van der Waals surface area contributed by atoms with Gasteiger partial charge in [0.25, 0.3) is 0 Å². The van der Waals surface area contributed by atoms with Crippen LogP contribution in [0.1, 0.15) is 35.2 Å². The minimum atomic E-state index is -0.496. The maximum absolute atomic E-state index is 13.4. The standard InChI is InChI=1S/C20H23BFNO3S/c1-3-26-20(24)19-12-17(27-16-6-4-5-15(22)11-16)7-8-18(19)14-9-10-23(13-14)21(2)25/h4-8,11-12,14,25H,3,9-10,13H2,1-2H3. The van der Waals surface area contributed by atoms with Gasteiger partial charge in [0, 0.05) is 9.79 Å². The molecule has 1 aliphatic rings. The van der Waals surface area contributed by atoms with Crippen LogP contribution in [0.3, 0.4) is 0 Å². The molecule has 1 unspecified atom stereocenters. The van der Waals surface area contributed by atoms with Gasteiger partial charge in [-0.1, -0.05) is 23.9 Å². The number of esters is 1. The molecule has 1 heterocycles. The van der Waals surface area contributed by atoms with Crippen molar-refractivity contribution in [3.8, 4) is 0 Å². The number of ether oxygens (including phenoxy) is 1. The van der Waals surface area contributed by atoms with Crippen LogP contribution in [-0.2, 0) is 4.74 Å². The van der Waals surface area contributed by atoms with Crippen LogP contribution < -0.4 is 0 Å². The maximum atomic E-state index is 13.4. The van der Waals surface area contributed by atoms with E-state index in [0.717, 1.165) is 28.3 Å². The molecule has 1 saturated heterocycles. The van der Waals surface area contributed by atoms with Crippen molar-refractivity contribution in [1.29, 1.82) is 0 Å². The van der Waals surface area contributed by atoms with Crippen molar-refractivity contribution in [2.24, 2.45) is 0 Å². The summed E-state index contributed by atoms with van der Waals surface area (Å²) < 4.78 is 18.7. The van der Waals surface area contributed by atoms with Crippen molar-refractivity contribution in [3.63, 3.8) is 0 Å². The second-order valence-corrected chi connectivity index (χ2v) is 7.79. The Morgan fingerprint density at radius 3 is 2.78 bits per heavy atom. The van der Waals surface area contributed by atoms with Gasteiger partial charge in [0.1, 0.15) is 5.82 Å². The lowest BCUT2D eigenvalue weighted by atomic mass is 9.85. The topological polar surface area (TPSA) is 49.8 Å². The molecule has 0 saturated carbocycles. The predicted octanol–water partition coefficient (Wildman–Crippen LogP) is 4.05. The molecule has 27 heavy (non-hydrogen) atoms. The molecule has 0 bridgehead atoms. The zero-order valence-corrected chi connectivity index (χ0v) is 16.3. The van der Waals surface area contributed by atoms with Crippen LogP contribution in [0.25, 0.3) is 0 Å². The summed E-state index contributed by atoms with van der Waals surface area (Å²) in [5, 5.41) is 9.81. The van der Waals surface area contributed by atoms with Crippen LogP contribution >= 0.6 is 11.8 Å². The first-order chi connectivity index (χ1) is 13.0. The number of benzene rings is 2. The van der Waals surface area contributed by atoms with Gasteiger partial charge in [-0.3, -0.25) is 0 Å². The van der Waals surface area contributed by atoms with E-state index in [1.165, 1.54) is 23.9 Å². The quantitative estimate of drug-likeness (QED) is 0.599. The number of hydrogen-bond acceptors (Lipinski definition) is 5. The van der Waals surface area contributed by atoms with Gasteiger partial charge < -0.3 is 14.6 Å². The summed E-state index contributed by atoms with van der Waals surface area (Å²) >= 11 is 1.41. The van der Waals surface area contributed by atoms with E-state index in [0.29, 0.717) is 18.7 Å². The highest BCUT2D eigenvalue weighted by molar-refractivity contribution is 7.99. The molecule has 1 atom stereocenters. The fourth-order valence-electron chi connectivity index (χ4n) is 3.39. The van der Waals surface area contributed by atoms with Gasteiger partial charge in [0.15, 0.2) is 0 Å². The molecule has 142 valence electrons. The van der Waals surface area contributed by atoms with Crippen LogP contribution in [0, 0.1) is 5.82 Å². The number of halogens is 1. The van der Waals surface area contributed by atoms with Crippen LogP contribution in [0.4, 0.5) is 4.39 Å². The first-order valence-electron chi connectivity index (χ1n) is 9.14. The minimum absolute atomic E-state index is 0.173. The first-order valence-corrected chi connectivity index (χ1v) is 9.96. The summed E-state index contributed by atoms with van der Waals surface area (Å²) in [6.07, 6.45) is 0.883. The lowest BCUT2D eigenvalue weighted by Crippen LogP contribution is -2.34. The van der Waals surface area contributed by atoms with Crippen molar-refractivity contribution in [2.45, 2.75) is 35.9 Å². The third-order valence-electron chi connectivity index (χ3n) is 4.74. The minimum Gasteiger partial charge on any atom is -0.462 e. The summed E-state index contributed by atoms with van der Waals surface area (Å²) in [7, 11) is -0.496. The predicted molar refractivity (Wildman–Crippen MR) is 106 cm³/mol. The SMILES string of the molecule is CCOC(=O)c1cc(Sc2cccc(F)c2)ccc1C1CCN(B(C)O)C1. The average Bonchev–Trinajstić information content (AvgIpc) is 3.12. The van der Waals surface area contributed by atoms with Gasteiger partial charge in [-0.05, 0) is 75.1 Å². The third-order valence-corrected chi connectivity index (χ3v) is 5.72. The van der Waals surface area contributed by atoms with Gasteiger partial charge in [-0.15, -0.1) is 0 Å². The van der Waals surface area contributed by atoms with Crippen molar-refractivity contribution >= 4 is 24.8 Å². The number of hydrogen-bond donors (Lipinski definition) is 1. The monoisotopic (exact) mass is 387 g/mol. The molecule has 1 fully saturated rings. The Bertz CT molecular complexity index is 818. The van der Waals surface area contributed by atoms with Gasteiger partial charge in [-0.25, -0.2) is 9.18 Å². The van der Waals surface area contributed by atoms with E-state index in [1.807, 2.05) is 29.1 Å². The summed E-state index contributed by atoms with van der Waals surface area (Å²) in [4.78, 5) is 16.2. The molecule has 0 aliphatic carbocycles. The zero-order chi connectivity index (χ0) is 19.4. The van der Waals surface area contributed by atoms with Crippen LogP contribution in [0.2, 0.25) is 6.82 Å². The molecule has 0 amide bonds. The van der Waals surface area contributed by atoms with E-state index in [2.05, 4.69) is 0 Å². The molecule has 0 radical (unpaired) electrons. The van der Waals surface area contributed by atoms with E-state index < -0.39 is 7.05 Å². The second-order valence-electron chi connectivity index (χ2n) is 6.64. The van der Waals surface area contributed by atoms with E-state index in [-0.39, 0.29) is 17.7 Å². The largest absolute Gasteiger partial charge is 0.462 e. The van der Waals surface area contributed by atoms with Gasteiger partial charge in [0.2, 0.25) is 0 Å². The lowest BCUT2D eigenvalue weighted by molar-refractivity contribution is 0.0524. The van der Waals surface area contributed by atoms with Crippen molar-refractivity contribution in [1.82, 2.24) is 4.81 Å². The summed E-state index contributed by atoms with van der Waals surface area (Å²) in [5.74, 6) is -0.455. The highest BCUT2D eigenvalue weighted by Gasteiger charge is 2.31. The van der Waals surface area contributed by atoms with E-state index in [1.54, 1.807) is 19.8 Å². The zero-order valence-electron chi connectivity index (χ0n) is 15.5. The normalized spacial score (nSPS) is 17.1. The van der Waals surface area contributed by atoms with Crippen molar-refractivity contribution in [3.05, 3.63) is 59.4 Å². The van der Waals surface area contributed by atoms with E-state index in [4.69, 9.17) is 4.74 Å². The second kappa shape index (κ2) is 8.91.